The predicted molar refractivity (Wildman–Crippen MR) is 61.4 cm³/mol. The van der Waals surface area contributed by atoms with E-state index in [-0.39, 0.29) is 6.10 Å². The molecule has 5 nitrogen and oxygen atoms in total. The first-order valence-electron chi connectivity index (χ1n) is 6.02. The molecule has 1 N–H and O–H groups in total. The van der Waals surface area contributed by atoms with Crippen molar-refractivity contribution in [2.24, 2.45) is 0 Å². The first kappa shape index (κ1) is 11.5. The molecule has 2 heterocycles. The summed E-state index contributed by atoms with van der Waals surface area (Å²) in [6, 6.07) is 0. The van der Waals surface area contributed by atoms with Crippen LogP contribution in [-0.4, -0.2) is 40.6 Å². The van der Waals surface area contributed by atoms with Crippen LogP contribution in [0.3, 0.4) is 0 Å². The highest BCUT2D eigenvalue weighted by Gasteiger charge is 2.18. The summed E-state index contributed by atoms with van der Waals surface area (Å²) in [5, 5.41) is 11.7. The zero-order valence-electron chi connectivity index (χ0n) is 10.1. The van der Waals surface area contributed by atoms with Gasteiger partial charge in [0.1, 0.15) is 11.6 Å². The molecule has 1 atom stereocenters. The molecule has 0 saturated carbocycles. The third-order valence-electron chi connectivity index (χ3n) is 2.87. The minimum Gasteiger partial charge on any atom is -0.375 e. The summed E-state index contributed by atoms with van der Waals surface area (Å²) in [5.41, 5.74) is 0. The number of aryl methyl sites for hydroxylation is 1. The summed E-state index contributed by atoms with van der Waals surface area (Å²) >= 11 is 0. The van der Waals surface area contributed by atoms with Crippen molar-refractivity contribution in [1.82, 2.24) is 20.1 Å². The Morgan fingerprint density at radius 2 is 2.38 bits per heavy atom. The molecule has 0 spiro atoms. The number of nitrogens with one attached hydrogen (secondary N) is 1. The number of morpholine rings is 1. The normalized spacial score (nSPS) is 21.2. The third-order valence-corrected chi connectivity index (χ3v) is 2.87. The zero-order chi connectivity index (χ0) is 11.4. The van der Waals surface area contributed by atoms with Gasteiger partial charge in [0.25, 0.3) is 0 Å². The van der Waals surface area contributed by atoms with Crippen LogP contribution < -0.4 is 5.32 Å². The minimum absolute atomic E-state index is 0.243. The first-order valence-corrected chi connectivity index (χ1v) is 6.02. The molecule has 90 valence electrons. The zero-order valence-corrected chi connectivity index (χ0v) is 10.1. The molecule has 1 unspecified atom stereocenters. The number of hydrogen-bond donors (Lipinski definition) is 1. The lowest BCUT2D eigenvalue weighted by atomic mass is 10.2. The Balaban J connectivity index is 2.02. The lowest BCUT2D eigenvalue weighted by molar-refractivity contribution is 0.0275. The van der Waals surface area contributed by atoms with Gasteiger partial charge in [-0.15, -0.1) is 10.2 Å². The van der Waals surface area contributed by atoms with Gasteiger partial charge < -0.3 is 14.6 Å². The second-order valence-electron chi connectivity index (χ2n) is 4.22. The van der Waals surface area contributed by atoms with Gasteiger partial charge in [-0.3, -0.25) is 0 Å². The van der Waals surface area contributed by atoms with Crippen molar-refractivity contribution >= 4 is 0 Å². The molecule has 0 aromatic carbocycles. The van der Waals surface area contributed by atoms with Crippen LogP contribution in [0.5, 0.6) is 0 Å². The van der Waals surface area contributed by atoms with Crippen molar-refractivity contribution in [2.75, 3.05) is 19.7 Å². The summed E-state index contributed by atoms with van der Waals surface area (Å²) in [6.07, 6.45) is 2.21. The summed E-state index contributed by atoms with van der Waals surface area (Å²) in [7, 11) is 0. The standard InChI is InChI=1S/C11H20N4O/c1-3-5-15-9(2)13-14-11(15)7-10-8-12-4-6-16-10/h10,12H,3-8H2,1-2H3. The number of hydrogen-bond acceptors (Lipinski definition) is 4. The number of nitrogens with zero attached hydrogens (tertiary/aromatic N) is 3. The van der Waals surface area contributed by atoms with Crippen LogP contribution in [0.2, 0.25) is 0 Å². The Morgan fingerprint density at radius 3 is 3.06 bits per heavy atom. The van der Waals surface area contributed by atoms with Crippen LogP contribution in [0.15, 0.2) is 0 Å². The molecule has 1 aromatic rings. The highest BCUT2D eigenvalue weighted by molar-refractivity contribution is 4.96. The highest BCUT2D eigenvalue weighted by atomic mass is 16.5. The van der Waals surface area contributed by atoms with E-state index >= 15 is 0 Å². The van der Waals surface area contributed by atoms with Gasteiger partial charge in [0.15, 0.2) is 0 Å². The number of rotatable bonds is 4. The van der Waals surface area contributed by atoms with Crippen molar-refractivity contribution in [3.8, 4) is 0 Å². The van der Waals surface area contributed by atoms with E-state index in [1.807, 2.05) is 6.92 Å². The summed E-state index contributed by atoms with van der Waals surface area (Å²) in [4.78, 5) is 0. The van der Waals surface area contributed by atoms with Crippen LogP contribution in [0.25, 0.3) is 0 Å². The largest absolute Gasteiger partial charge is 0.375 e. The van der Waals surface area contributed by atoms with E-state index in [1.54, 1.807) is 0 Å². The number of aromatic nitrogens is 3. The van der Waals surface area contributed by atoms with Gasteiger partial charge in [0.05, 0.1) is 12.7 Å². The second-order valence-corrected chi connectivity index (χ2v) is 4.22. The van der Waals surface area contributed by atoms with E-state index in [9.17, 15) is 0 Å². The summed E-state index contributed by atoms with van der Waals surface area (Å²) < 4.78 is 7.87. The van der Waals surface area contributed by atoms with Gasteiger partial charge in [-0.25, -0.2) is 0 Å². The molecule has 16 heavy (non-hydrogen) atoms. The predicted octanol–water partition coefficient (Wildman–Crippen LogP) is 0.527. The molecule has 1 aliphatic heterocycles. The van der Waals surface area contributed by atoms with Gasteiger partial charge in [-0.1, -0.05) is 6.92 Å². The molecule has 5 heteroatoms. The van der Waals surface area contributed by atoms with E-state index in [0.717, 1.165) is 50.7 Å². The second kappa shape index (κ2) is 5.41. The summed E-state index contributed by atoms with van der Waals surface area (Å²) in [5.74, 6) is 2.05. The van der Waals surface area contributed by atoms with E-state index < -0.39 is 0 Å². The maximum Gasteiger partial charge on any atom is 0.135 e. The van der Waals surface area contributed by atoms with E-state index in [2.05, 4.69) is 27.0 Å². The fraction of sp³-hybridized carbons (Fsp3) is 0.818. The topological polar surface area (TPSA) is 52.0 Å². The van der Waals surface area contributed by atoms with Crippen LogP contribution in [-0.2, 0) is 17.7 Å². The molecular weight excluding hydrogens is 204 g/mol. The van der Waals surface area contributed by atoms with Crippen LogP contribution >= 0.6 is 0 Å². The Kier molecular flexibility index (Phi) is 3.90. The fourth-order valence-corrected chi connectivity index (χ4v) is 2.04. The van der Waals surface area contributed by atoms with Crippen molar-refractivity contribution in [1.29, 1.82) is 0 Å². The molecular formula is C11H20N4O. The van der Waals surface area contributed by atoms with Gasteiger partial charge in [0.2, 0.25) is 0 Å². The molecule has 1 saturated heterocycles. The fourth-order valence-electron chi connectivity index (χ4n) is 2.04. The first-order chi connectivity index (χ1) is 7.81. The van der Waals surface area contributed by atoms with Gasteiger partial charge >= 0.3 is 0 Å². The van der Waals surface area contributed by atoms with Crippen LogP contribution in [0.1, 0.15) is 25.0 Å². The van der Waals surface area contributed by atoms with Crippen molar-refractivity contribution in [3.63, 3.8) is 0 Å². The molecule has 0 radical (unpaired) electrons. The van der Waals surface area contributed by atoms with Crippen LogP contribution in [0.4, 0.5) is 0 Å². The Bertz CT molecular complexity index is 331. The van der Waals surface area contributed by atoms with Gasteiger partial charge in [-0.05, 0) is 13.3 Å². The van der Waals surface area contributed by atoms with Crippen molar-refractivity contribution in [2.45, 2.75) is 39.3 Å². The number of ether oxygens (including phenoxy) is 1. The maximum atomic E-state index is 5.68. The third kappa shape index (κ3) is 2.59. The molecule has 1 aliphatic rings. The smallest absolute Gasteiger partial charge is 0.135 e. The van der Waals surface area contributed by atoms with Crippen LogP contribution in [0, 0.1) is 6.92 Å². The molecule has 0 aliphatic carbocycles. The van der Waals surface area contributed by atoms with E-state index in [0.29, 0.717) is 0 Å². The molecule has 0 bridgehead atoms. The van der Waals surface area contributed by atoms with Gasteiger partial charge in [0, 0.05) is 26.1 Å². The van der Waals surface area contributed by atoms with Crippen molar-refractivity contribution in [3.05, 3.63) is 11.6 Å². The maximum absolute atomic E-state index is 5.68. The Morgan fingerprint density at radius 1 is 1.50 bits per heavy atom. The lowest BCUT2D eigenvalue weighted by Gasteiger charge is -2.23. The molecule has 1 fully saturated rings. The average Bonchev–Trinajstić information content (AvgIpc) is 2.64. The molecule has 1 aromatic heterocycles. The Labute approximate surface area is 96.2 Å². The van der Waals surface area contributed by atoms with E-state index in [4.69, 9.17) is 4.74 Å². The highest BCUT2D eigenvalue weighted by Crippen LogP contribution is 2.08. The monoisotopic (exact) mass is 224 g/mol. The summed E-state index contributed by atoms with van der Waals surface area (Å²) in [6.45, 7) is 7.84. The van der Waals surface area contributed by atoms with Crippen molar-refractivity contribution < 1.29 is 4.74 Å². The Hall–Kier alpha value is -0.940. The SMILES string of the molecule is CCCn1c(C)nnc1CC1CNCCO1. The molecule has 0 amide bonds. The minimum atomic E-state index is 0.243. The average molecular weight is 224 g/mol. The van der Waals surface area contributed by atoms with Gasteiger partial charge in [-0.2, -0.15) is 0 Å². The quantitative estimate of drug-likeness (QED) is 0.810. The molecule has 2 rings (SSSR count). The van der Waals surface area contributed by atoms with E-state index in [1.165, 1.54) is 0 Å². The lowest BCUT2D eigenvalue weighted by Crippen LogP contribution is -2.40.